The lowest BCUT2D eigenvalue weighted by Gasteiger charge is -2.64. The molecule has 1 saturated heterocycles. The maximum atomic E-state index is 15.5. The van der Waals surface area contributed by atoms with E-state index in [4.69, 9.17) is 33.2 Å². The second kappa shape index (κ2) is 20.0. The Morgan fingerprint density at radius 3 is 2.31 bits per heavy atom. The number of hydrogen-bond donors (Lipinski definition) is 4. The van der Waals surface area contributed by atoms with Crippen LogP contribution in [0.2, 0.25) is 0 Å². The zero-order valence-corrected chi connectivity index (χ0v) is 40.6. The van der Waals surface area contributed by atoms with Gasteiger partial charge in [-0.25, -0.2) is 14.4 Å². The van der Waals surface area contributed by atoms with E-state index in [0.717, 1.165) is 6.92 Å². The number of aliphatic hydroxyl groups excluding tert-OH is 2. The highest BCUT2D eigenvalue weighted by Gasteiger charge is 2.75. The third-order valence-corrected chi connectivity index (χ3v) is 14.4. The van der Waals surface area contributed by atoms with Gasteiger partial charge in [0.2, 0.25) is 0 Å². The molecule has 65 heavy (non-hydrogen) atoms. The number of carbonyl (C=O) groups is 6. The van der Waals surface area contributed by atoms with Crippen molar-refractivity contribution in [3.8, 4) is 5.75 Å². The van der Waals surface area contributed by atoms with Crippen molar-refractivity contribution >= 4 is 57.3 Å². The molecular weight excluding hydrogens is 887 g/mol. The number of nitrogens with one attached hydrogen (secondary N) is 1. The fraction of sp³-hybridized carbons (Fsp3) is 0.652. The minimum absolute atomic E-state index is 0.00417. The molecule has 1 unspecified atom stereocenters. The predicted molar refractivity (Wildman–Crippen MR) is 239 cm³/mol. The van der Waals surface area contributed by atoms with Gasteiger partial charge in [-0.3, -0.25) is 14.4 Å². The lowest BCUT2D eigenvalue weighted by molar-refractivity contribution is -0.332. The lowest BCUT2D eigenvalue weighted by Crippen LogP contribution is -2.79. The normalized spacial score (nSPS) is 30.0. The quantitative estimate of drug-likeness (QED) is 0.0648. The number of hydrogen-bond acceptors (Lipinski definition) is 18. The molecule has 2 bridgehead atoms. The number of ether oxygens (including phenoxy) is 7. The third kappa shape index (κ3) is 10.5. The average molecular weight is 950 g/mol. The van der Waals surface area contributed by atoms with E-state index in [1.807, 2.05) is 6.26 Å². The Balaban J connectivity index is 1.75. The molecule has 4 aliphatic rings. The van der Waals surface area contributed by atoms with Crippen molar-refractivity contribution in [2.45, 2.75) is 148 Å². The third-order valence-electron chi connectivity index (χ3n) is 12.6. The molecule has 0 aromatic heterocycles. The summed E-state index contributed by atoms with van der Waals surface area (Å²) in [4.78, 5) is 84.0. The van der Waals surface area contributed by atoms with Crippen molar-refractivity contribution in [3.63, 3.8) is 0 Å². The van der Waals surface area contributed by atoms with Crippen molar-refractivity contribution in [2.24, 2.45) is 17.3 Å². The summed E-state index contributed by atoms with van der Waals surface area (Å²) in [5, 5.41) is 39.8. The van der Waals surface area contributed by atoms with Gasteiger partial charge in [0.25, 0.3) is 0 Å². The van der Waals surface area contributed by atoms with E-state index < -0.39 is 119 Å². The van der Waals surface area contributed by atoms with E-state index in [-0.39, 0.29) is 41.9 Å². The van der Waals surface area contributed by atoms with Crippen LogP contribution < -0.4 is 10.1 Å². The number of fused-ring (bicyclic) bond motifs is 5. The van der Waals surface area contributed by atoms with Gasteiger partial charge in [-0.15, -0.1) is 0 Å². The molecular formula is C46H63NO16S2. The van der Waals surface area contributed by atoms with Crippen LogP contribution in [0.3, 0.4) is 0 Å². The number of ketones is 1. The SMILES string of the molecule is COc1ccc(C)cc1C(=O)O[C@H]1[C@H]2C(C(=O)[C@H](OC(=O)CCSSC)C3=C(C)[C@@H](OC(=O)[C@H](O)[C@H](C=C(C)C)NC(=O)OC(C)(C)C)C[C@]1(O)C3(C)C)[C@@H](O)C[C@H]1OC[C@@]21OC(C)=O. The average Bonchev–Trinajstić information content (AvgIpc) is 3.19. The van der Waals surface area contributed by atoms with Crippen LogP contribution in [0, 0.1) is 24.2 Å². The summed E-state index contributed by atoms with van der Waals surface area (Å²) in [5.41, 5.74) is -5.45. The number of esters is 4. The van der Waals surface area contributed by atoms with E-state index in [1.165, 1.54) is 47.8 Å². The molecule has 5 rings (SSSR count). The van der Waals surface area contributed by atoms with Gasteiger partial charge in [-0.2, -0.15) is 0 Å². The Morgan fingerprint density at radius 1 is 1.06 bits per heavy atom. The second-order valence-corrected chi connectivity index (χ2v) is 21.6. The molecule has 0 spiro atoms. The van der Waals surface area contributed by atoms with Crippen molar-refractivity contribution in [2.75, 3.05) is 25.7 Å². The highest BCUT2D eigenvalue weighted by Crippen LogP contribution is 2.61. The number of carbonyl (C=O) groups excluding carboxylic acids is 6. The summed E-state index contributed by atoms with van der Waals surface area (Å²) < 4.78 is 41.5. The molecule has 19 heteroatoms. The Hall–Kier alpha value is -4.14. The summed E-state index contributed by atoms with van der Waals surface area (Å²) in [5.74, 6) is -7.40. The molecule has 11 atom stereocenters. The molecule has 1 amide bonds. The minimum Gasteiger partial charge on any atom is -0.496 e. The zero-order chi connectivity index (χ0) is 48.6. The van der Waals surface area contributed by atoms with Gasteiger partial charge < -0.3 is 53.8 Å². The Kier molecular flexibility index (Phi) is 15.9. The molecule has 1 aromatic rings. The van der Waals surface area contributed by atoms with Crippen LogP contribution in [-0.4, -0.2) is 136 Å². The van der Waals surface area contributed by atoms with Crippen LogP contribution in [0.15, 0.2) is 41.0 Å². The van der Waals surface area contributed by atoms with Crippen molar-refractivity contribution in [3.05, 3.63) is 52.1 Å². The summed E-state index contributed by atoms with van der Waals surface area (Å²) in [6.07, 6.45) is -8.39. The predicted octanol–water partition coefficient (Wildman–Crippen LogP) is 4.73. The number of methoxy groups -OCH3 is 1. The molecule has 3 aliphatic carbocycles. The van der Waals surface area contributed by atoms with Gasteiger partial charge in [-0.1, -0.05) is 58.7 Å². The number of Topliss-reactive ketones (excluding diaryl/α,β-unsaturated/α-hetero) is 1. The largest absolute Gasteiger partial charge is 0.496 e. The summed E-state index contributed by atoms with van der Waals surface area (Å²) in [6.45, 7) is 15.5. The lowest BCUT2D eigenvalue weighted by atomic mass is 9.48. The second-order valence-electron chi connectivity index (χ2n) is 18.9. The molecule has 1 heterocycles. The topological polar surface area (TPSA) is 240 Å². The monoisotopic (exact) mass is 949 g/mol. The molecule has 1 aliphatic heterocycles. The highest BCUT2D eigenvalue weighted by atomic mass is 33.1. The van der Waals surface area contributed by atoms with Crippen LogP contribution in [0.1, 0.15) is 97.5 Å². The maximum Gasteiger partial charge on any atom is 0.408 e. The summed E-state index contributed by atoms with van der Waals surface area (Å²) >= 11 is 0. The van der Waals surface area contributed by atoms with Gasteiger partial charge in [0.15, 0.2) is 23.6 Å². The van der Waals surface area contributed by atoms with Crippen LogP contribution >= 0.6 is 21.6 Å². The van der Waals surface area contributed by atoms with E-state index in [0.29, 0.717) is 16.9 Å². The Morgan fingerprint density at radius 2 is 1.74 bits per heavy atom. The molecule has 2 saturated carbocycles. The number of benzene rings is 1. The first kappa shape index (κ1) is 51.8. The Bertz CT molecular complexity index is 2090. The van der Waals surface area contributed by atoms with Crippen LogP contribution in [0.25, 0.3) is 0 Å². The van der Waals surface area contributed by atoms with Crippen LogP contribution in [0.5, 0.6) is 5.75 Å². The van der Waals surface area contributed by atoms with Gasteiger partial charge in [-0.05, 0) is 78.0 Å². The molecule has 4 N–H and O–H groups in total. The van der Waals surface area contributed by atoms with Crippen molar-refractivity contribution < 1.29 is 77.2 Å². The molecule has 0 radical (unpaired) electrons. The molecule has 1 aromatic carbocycles. The highest BCUT2D eigenvalue weighted by molar-refractivity contribution is 8.76. The smallest absolute Gasteiger partial charge is 0.408 e. The fourth-order valence-electron chi connectivity index (χ4n) is 9.65. The summed E-state index contributed by atoms with van der Waals surface area (Å²) in [7, 11) is 4.16. The van der Waals surface area contributed by atoms with Crippen molar-refractivity contribution in [1.82, 2.24) is 5.32 Å². The minimum atomic E-state index is -2.42. The molecule has 3 fully saturated rings. The van der Waals surface area contributed by atoms with E-state index >= 15 is 4.79 Å². The molecule has 360 valence electrons. The number of rotatable bonds is 14. The van der Waals surface area contributed by atoms with Crippen molar-refractivity contribution in [1.29, 1.82) is 0 Å². The Labute approximate surface area is 387 Å². The van der Waals surface area contributed by atoms with Crippen LogP contribution in [0.4, 0.5) is 4.79 Å². The van der Waals surface area contributed by atoms with E-state index in [9.17, 15) is 39.3 Å². The number of allylic oxidation sites excluding steroid dienone is 1. The zero-order valence-electron chi connectivity index (χ0n) is 39.0. The van der Waals surface area contributed by atoms with Gasteiger partial charge >= 0.3 is 30.0 Å². The van der Waals surface area contributed by atoms with Gasteiger partial charge in [0.1, 0.15) is 40.8 Å². The molecule has 17 nitrogen and oxygen atoms in total. The first-order chi connectivity index (χ1) is 30.2. The number of alkyl carbamates (subject to hydrolysis) is 1. The summed E-state index contributed by atoms with van der Waals surface area (Å²) in [6, 6.07) is 3.41. The number of aryl methyl sites for hydroxylation is 1. The van der Waals surface area contributed by atoms with Crippen LogP contribution in [-0.2, 0) is 47.6 Å². The van der Waals surface area contributed by atoms with Gasteiger partial charge in [0.05, 0.1) is 44.1 Å². The standard InChI is InChI=1S/C46H63NO16S2/c1-22(2)17-27(47-42(55)63-43(6,7)8)36(51)41(54)59-30-20-46(56)39(61-40(53)26-18-23(3)13-14-29(26)57-11)35-33(28(49)19-31-45(35,21-58-31)62-25(5)48)37(52)38(34(24(30)4)44(46,9)10)60-32(50)15-16-65-64-12/h13-14,17-18,27-28,30-31,33,35-36,38-39,49,51,56H,15-16,19-21H2,1-12H3,(H,47,55)/t27-,28-,30-,31+,33?,35+,36+,38+,39-,45-,46+/m0/s1. The first-order valence-electron chi connectivity index (χ1n) is 21.4. The van der Waals surface area contributed by atoms with E-state index in [2.05, 4.69) is 5.32 Å². The van der Waals surface area contributed by atoms with Gasteiger partial charge in [0, 0.05) is 30.9 Å². The fourth-order valence-corrected chi connectivity index (χ4v) is 10.8. The number of aliphatic hydroxyl groups is 3. The maximum absolute atomic E-state index is 15.5. The first-order valence-corrected chi connectivity index (χ1v) is 24.2. The number of amides is 1. The van der Waals surface area contributed by atoms with E-state index in [1.54, 1.807) is 67.5 Å².